The van der Waals surface area contributed by atoms with Crippen LogP contribution >= 0.6 is 0 Å². The summed E-state index contributed by atoms with van der Waals surface area (Å²) in [5.74, 6) is 1.68. The fourth-order valence-corrected chi connectivity index (χ4v) is 11.3. The third kappa shape index (κ3) is 5.77. The fourth-order valence-electron chi connectivity index (χ4n) is 11.3. The number of fused-ring (bicyclic) bond motifs is 10. The first-order valence-electron chi connectivity index (χ1n) is 23.0. The van der Waals surface area contributed by atoms with E-state index in [1.165, 1.54) is 111 Å². The van der Waals surface area contributed by atoms with Crippen molar-refractivity contribution in [2.24, 2.45) is 0 Å². The Hall–Kier alpha value is -6.98. The lowest BCUT2D eigenvalue weighted by Gasteiger charge is -2.35. The number of hydrogen-bond donors (Lipinski definition) is 0. The molecule has 318 valence electrons. The van der Waals surface area contributed by atoms with Gasteiger partial charge in [0, 0.05) is 43.8 Å². The number of methoxy groups -OCH3 is 2. The Labute approximate surface area is 382 Å². The SMILES string of the molecule is COc1ccc2c(c1)c1cc(OC)cc3c1n2-c1cc(-c2c(C)cccc2C)cc2c1B3n1c3ccc(-c4ccc(C(C)(C)C)cc4)cc3c3cc(-c4ccc(C(C)(C)C)cc4)cc-2c31. The number of ether oxygens (including phenoxy) is 2. The van der Waals surface area contributed by atoms with E-state index in [1.54, 1.807) is 14.2 Å². The van der Waals surface area contributed by atoms with Gasteiger partial charge in [-0.25, -0.2) is 0 Å². The molecule has 10 aromatic rings. The van der Waals surface area contributed by atoms with Crippen LogP contribution in [-0.2, 0) is 10.8 Å². The molecule has 0 spiro atoms. The summed E-state index contributed by atoms with van der Waals surface area (Å²) in [5.41, 5.74) is 23.9. The largest absolute Gasteiger partial charge is 0.497 e. The van der Waals surface area contributed by atoms with Gasteiger partial charge in [0.15, 0.2) is 0 Å². The Bertz CT molecular complexity index is 3630. The van der Waals surface area contributed by atoms with Gasteiger partial charge in [0.05, 0.1) is 25.3 Å². The summed E-state index contributed by atoms with van der Waals surface area (Å²) >= 11 is 0. The first-order valence-corrected chi connectivity index (χ1v) is 23.0. The molecule has 0 unspecified atom stereocenters. The maximum Gasteiger partial charge on any atom is 0.333 e. The van der Waals surface area contributed by atoms with E-state index in [4.69, 9.17) is 9.47 Å². The van der Waals surface area contributed by atoms with Crippen LogP contribution in [0, 0.1) is 13.8 Å². The quantitative estimate of drug-likeness (QED) is 0.161. The van der Waals surface area contributed by atoms with Crippen LogP contribution in [-0.4, -0.2) is 30.1 Å². The van der Waals surface area contributed by atoms with E-state index < -0.39 is 0 Å². The molecule has 4 heterocycles. The lowest BCUT2D eigenvalue weighted by atomic mass is 9.45. The molecule has 0 saturated heterocycles. The van der Waals surface area contributed by atoms with Crippen LogP contribution in [0.3, 0.4) is 0 Å². The number of aryl methyl sites for hydroxylation is 2. The van der Waals surface area contributed by atoms with Gasteiger partial charge in [-0.1, -0.05) is 114 Å². The molecule has 0 radical (unpaired) electrons. The molecule has 12 rings (SSSR count). The lowest BCUT2D eigenvalue weighted by Crippen LogP contribution is -2.55. The van der Waals surface area contributed by atoms with E-state index in [1.807, 2.05) is 0 Å². The Morgan fingerprint density at radius 2 is 1.02 bits per heavy atom. The molecule has 8 aromatic carbocycles. The molecule has 0 saturated carbocycles. The summed E-state index contributed by atoms with van der Waals surface area (Å²) in [6, 6.07) is 53.2. The molecule has 65 heavy (non-hydrogen) atoms. The van der Waals surface area contributed by atoms with Crippen LogP contribution in [0.15, 0.2) is 140 Å². The normalized spacial score (nSPS) is 13.0. The molecule has 0 aliphatic carbocycles. The molecule has 2 aromatic heterocycles. The lowest BCUT2D eigenvalue weighted by molar-refractivity contribution is 0.415. The van der Waals surface area contributed by atoms with Crippen molar-refractivity contribution < 1.29 is 9.47 Å². The summed E-state index contributed by atoms with van der Waals surface area (Å²) in [5, 5.41) is 4.82. The highest BCUT2D eigenvalue weighted by atomic mass is 16.5. The van der Waals surface area contributed by atoms with Crippen molar-refractivity contribution in [2.75, 3.05) is 14.2 Å². The van der Waals surface area contributed by atoms with E-state index in [-0.39, 0.29) is 17.7 Å². The molecule has 0 amide bonds. The highest BCUT2D eigenvalue weighted by Crippen LogP contribution is 2.48. The van der Waals surface area contributed by atoms with Crippen molar-refractivity contribution >= 4 is 61.4 Å². The number of nitrogens with zero attached hydrogens (tertiary/aromatic N) is 2. The number of hydrogen-bond acceptors (Lipinski definition) is 2. The molecular weight excluding hydrogens is 791 g/mol. The average molecular weight is 845 g/mol. The van der Waals surface area contributed by atoms with Gasteiger partial charge < -0.3 is 18.5 Å². The Balaban J connectivity index is 1.24. The maximum atomic E-state index is 6.19. The van der Waals surface area contributed by atoms with Crippen LogP contribution in [0.5, 0.6) is 11.5 Å². The zero-order valence-corrected chi connectivity index (χ0v) is 39.1. The highest BCUT2D eigenvalue weighted by Gasteiger charge is 2.42. The summed E-state index contributed by atoms with van der Waals surface area (Å²) < 4.78 is 17.3. The fraction of sp³-hybridized carbons (Fsp3) is 0.200. The van der Waals surface area contributed by atoms with Crippen molar-refractivity contribution in [3.63, 3.8) is 0 Å². The third-order valence-electron chi connectivity index (χ3n) is 14.7. The summed E-state index contributed by atoms with van der Waals surface area (Å²) in [4.78, 5) is 0. The minimum Gasteiger partial charge on any atom is -0.497 e. The van der Waals surface area contributed by atoms with Crippen molar-refractivity contribution in [3.8, 4) is 61.7 Å². The molecule has 5 heteroatoms. The third-order valence-corrected chi connectivity index (χ3v) is 14.7. The zero-order chi connectivity index (χ0) is 44.8. The van der Waals surface area contributed by atoms with Gasteiger partial charge >= 0.3 is 6.85 Å². The highest BCUT2D eigenvalue weighted by molar-refractivity contribution is 6.90. The molecule has 0 fully saturated rings. The van der Waals surface area contributed by atoms with Crippen LogP contribution in [0.4, 0.5) is 0 Å². The number of aromatic nitrogens is 2. The van der Waals surface area contributed by atoms with Gasteiger partial charge in [-0.2, -0.15) is 0 Å². The van der Waals surface area contributed by atoms with E-state index in [0.29, 0.717) is 0 Å². The van der Waals surface area contributed by atoms with E-state index >= 15 is 0 Å². The smallest absolute Gasteiger partial charge is 0.333 e. The number of rotatable bonds is 5. The summed E-state index contributed by atoms with van der Waals surface area (Å²) in [7, 11) is 3.54. The van der Waals surface area contributed by atoms with Gasteiger partial charge in [0.1, 0.15) is 11.5 Å². The molecule has 4 nitrogen and oxygen atoms in total. The van der Waals surface area contributed by atoms with Crippen molar-refractivity contribution in [1.29, 1.82) is 0 Å². The monoisotopic (exact) mass is 844 g/mol. The predicted octanol–water partition coefficient (Wildman–Crippen LogP) is 14.1. The maximum absolute atomic E-state index is 6.19. The van der Waals surface area contributed by atoms with Crippen molar-refractivity contribution in [2.45, 2.75) is 66.2 Å². The van der Waals surface area contributed by atoms with Crippen LogP contribution < -0.4 is 20.4 Å². The van der Waals surface area contributed by atoms with Crippen molar-refractivity contribution in [3.05, 3.63) is 162 Å². The van der Waals surface area contributed by atoms with Gasteiger partial charge in [-0.3, -0.25) is 0 Å². The Kier molecular flexibility index (Phi) is 8.39. The van der Waals surface area contributed by atoms with Gasteiger partial charge in [-0.15, -0.1) is 0 Å². The molecule has 0 N–H and O–H groups in total. The minimum atomic E-state index is -0.121. The second-order valence-electron chi connectivity index (χ2n) is 20.6. The van der Waals surface area contributed by atoms with Gasteiger partial charge in [-0.05, 0) is 164 Å². The summed E-state index contributed by atoms with van der Waals surface area (Å²) in [6.45, 7) is 18.1. The topological polar surface area (TPSA) is 28.3 Å². The molecule has 0 atom stereocenters. The number of benzene rings is 8. The second-order valence-corrected chi connectivity index (χ2v) is 20.6. The average Bonchev–Trinajstić information content (AvgIpc) is 3.80. The van der Waals surface area contributed by atoms with Gasteiger partial charge in [0.2, 0.25) is 0 Å². The second kappa shape index (κ2) is 13.8. The molecular formula is C60H53BN2O2. The van der Waals surface area contributed by atoms with E-state index in [9.17, 15) is 0 Å². The van der Waals surface area contributed by atoms with Crippen LogP contribution in [0.25, 0.3) is 93.8 Å². The van der Waals surface area contributed by atoms with E-state index in [2.05, 4.69) is 204 Å². The molecule has 2 aliphatic heterocycles. The van der Waals surface area contributed by atoms with Crippen LogP contribution in [0.2, 0.25) is 0 Å². The Morgan fingerprint density at radius 1 is 0.462 bits per heavy atom. The standard InChI is InChI=1S/C60H53BN2O2/c1-34-12-11-13-35(2)55(34)40-29-47-49-28-39(37-16-21-42(22-17-37)60(6,7)8)27-48-45-26-38(36-14-19-41(20-15-36)59(3,4)5)18-24-53(45)63(57(48)49)61-51-33-44(65-10)32-50-46-31-43(64-9)23-25-52(46)62(58(50)51)54(30-40)56(47)61/h11-33H,1-10H3. The minimum absolute atomic E-state index is 0.0593. The first kappa shape index (κ1) is 39.6. The van der Waals surface area contributed by atoms with Crippen LogP contribution in [0.1, 0.15) is 63.8 Å². The first-order chi connectivity index (χ1) is 31.2. The zero-order valence-electron chi connectivity index (χ0n) is 39.1. The van der Waals surface area contributed by atoms with E-state index in [0.717, 1.165) is 27.8 Å². The molecule has 0 bridgehead atoms. The Morgan fingerprint density at radius 3 is 1.66 bits per heavy atom. The predicted molar refractivity (Wildman–Crippen MR) is 276 cm³/mol. The summed E-state index contributed by atoms with van der Waals surface area (Å²) in [6.07, 6.45) is 0. The molecule has 2 aliphatic rings. The van der Waals surface area contributed by atoms with Gasteiger partial charge in [0.25, 0.3) is 0 Å². The van der Waals surface area contributed by atoms with Crippen molar-refractivity contribution in [1.82, 2.24) is 9.05 Å².